The smallest absolute Gasteiger partial charge is 0.303 e. The van der Waals surface area contributed by atoms with Crippen molar-refractivity contribution in [2.75, 3.05) is 19.6 Å². The standard InChI is InChI=1S/C12H24N2O2/c1-12(2,3)14-8-4-7-13-10(9-14)5-6-11(15)16/h10,13H,4-9H2,1-3H3,(H,15,16). The number of hydrogen-bond acceptors (Lipinski definition) is 3. The molecule has 1 fully saturated rings. The van der Waals surface area contributed by atoms with Gasteiger partial charge in [-0.05, 0) is 46.7 Å². The fourth-order valence-corrected chi connectivity index (χ4v) is 2.10. The van der Waals surface area contributed by atoms with E-state index < -0.39 is 5.97 Å². The van der Waals surface area contributed by atoms with Gasteiger partial charge in [-0.2, -0.15) is 0 Å². The monoisotopic (exact) mass is 228 g/mol. The molecule has 1 saturated heterocycles. The topological polar surface area (TPSA) is 52.6 Å². The van der Waals surface area contributed by atoms with Crippen LogP contribution < -0.4 is 5.32 Å². The number of carboxylic acids is 1. The zero-order valence-electron chi connectivity index (χ0n) is 10.6. The van der Waals surface area contributed by atoms with Gasteiger partial charge in [0.05, 0.1) is 0 Å². The quantitative estimate of drug-likeness (QED) is 0.765. The van der Waals surface area contributed by atoms with Crippen molar-refractivity contribution in [3.63, 3.8) is 0 Å². The zero-order valence-corrected chi connectivity index (χ0v) is 10.6. The van der Waals surface area contributed by atoms with Crippen molar-refractivity contribution in [3.05, 3.63) is 0 Å². The van der Waals surface area contributed by atoms with E-state index in [0.29, 0.717) is 6.04 Å². The highest BCUT2D eigenvalue weighted by atomic mass is 16.4. The molecule has 0 aromatic carbocycles. The van der Waals surface area contributed by atoms with E-state index >= 15 is 0 Å². The molecule has 0 aromatic rings. The minimum absolute atomic E-state index is 0.174. The number of rotatable bonds is 3. The van der Waals surface area contributed by atoms with Crippen molar-refractivity contribution in [2.24, 2.45) is 0 Å². The van der Waals surface area contributed by atoms with E-state index in [2.05, 4.69) is 31.0 Å². The van der Waals surface area contributed by atoms with Gasteiger partial charge in [-0.15, -0.1) is 0 Å². The lowest BCUT2D eigenvalue weighted by molar-refractivity contribution is -0.137. The lowest BCUT2D eigenvalue weighted by Crippen LogP contribution is -2.46. The Kier molecular flexibility index (Phi) is 4.74. The average molecular weight is 228 g/mol. The normalized spacial score (nSPS) is 24.1. The summed E-state index contributed by atoms with van der Waals surface area (Å²) in [6, 6.07) is 0.317. The maximum absolute atomic E-state index is 10.6. The molecule has 1 aliphatic rings. The van der Waals surface area contributed by atoms with E-state index in [1.807, 2.05) is 0 Å². The largest absolute Gasteiger partial charge is 0.481 e. The molecule has 0 saturated carbocycles. The lowest BCUT2D eigenvalue weighted by Gasteiger charge is -2.36. The second-order valence-corrected chi connectivity index (χ2v) is 5.55. The lowest BCUT2D eigenvalue weighted by atomic mass is 10.0. The number of hydrogen-bond donors (Lipinski definition) is 2. The van der Waals surface area contributed by atoms with Crippen molar-refractivity contribution in [1.82, 2.24) is 10.2 Å². The van der Waals surface area contributed by atoms with Crippen molar-refractivity contribution in [2.45, 2.75) is 51.6 Å². The van der Waals surface area contributed by atoms with Gasteiger partial charge >= 0.3 is 5.97 Å². The SMILES string of the molecule is CC(C)(C)N1CCCNC(CCC(=O)O)C1. The first-order valence-electron chi connectivity index (χ1n) is 6.10. The maximum atomic E-state index is 10.6. The third kappa shape index (κ3) is 4.49. The molecule has 2 N–H and O–H groups in total. The van der Waals surface area contributed by atoms with Crippen LogP contribution in [0.1, 0.15) is 40.0 Å². The van der Waals surface area contributed by atoms with Gasteiger partial charge in [-0.3, -0.25) is 9.69 Å². The average Bonchev–Trinajstić information content (AvgIpc) is 2.38. The van der Waals surface area contributed by atoms with Crippen LogP contribution in [-0.2, 0) is 4.79 Å². The van der Waals surface area contributed by atoms with Crippen LogP contribution >= 0.6 is 0 Å². The Bertz CT molecular complexity index is 236. The Labute approximate surface area is 98.0 Å². The molecule has 1 rings (SSSR count). The first kappa shape index (κ1) is 13.5. The van der Waals surface area contributed by atoms with E-state index in [0.717, 1.165) is 32.5 Å². The van der Waals surface area contributed by atoms with Crippen LogP contribution in [0.3, 0.4) is 0 Å². The predicted octanol–water partition coefficient (Wildman–Crippen LogP) is 1.31. The summed E-state index contributed by atoms with van der Waals surface area (Å²) in [6.45, 7) is 9.69. The van der Waals surface area contributed by atoms with Gasteiger partial charge in [0.2, 0.25) is 0 Å². The molecule has 0 amide bonds. The molecular formula is C12H24N2O2. The number of nitrogens with zero attached hydrogens (tertiary/aromatic N) is 1. The van der Waals surface area contributed by atoms with Crippen LogP contribution in [0.25, 0.3) is 0 Å². The van der Waals surface area contributed by atoms with Gasteiger partial charge in [0.25, 0.3) is 0 Å². The van der Waals surface area contributed by atoms with Crippen LogP contribution in [0.4, 0.5) is 0 Å². The van der Waals surface area contributed by atoms with E-state index in [-0.39, 0.29) is 12.0 Å². The zero-order chi connectivity index (χ0) is 12.2. The molecule has 1 atom stereocenters. The molecule has 0 bridgehead atoms. The molecule has 4 nitrogen and oxygen atoms in total. The third-order valence-corrected chi connectivity index (χ3v) is 3.13. The second kappa shape index (κ2) is 5.64. The highest BCUT2D eigenvalue weighted by molar-refractivity contribution is 5.66. The van der Waals surface area contributed by atoms with Crippen LogP contribution in [0.2, 0.25) is 0 Å². The van der Waals surface area contributed by atoms with Crippen molar-refractivity contribution >= 4 is 5.97 Å². The van der Waals surface area contributed by atoms with Gasteiger partial charge in [0.1, 0.15) is 0 Å². The number of carboxylic acid groups (broad SMARTS) is 1. The number of carbonyl (C=O) groups is 1. The Hall–Kier alpha value is -0.610. The van der Waals surface area contributed by atoms with Gasteiger partial charge in [0.15, 0.2) is 0 Å². The molecule has 94 valence electrons. The van der Waals surface area contributed by atoms with Gasteiger partial charge in [0, 0.05) is 24.5 Å². The third-order valence-electron chi connectivity index (χ3n) is 3.13. The van der Waals surface area contributed by atoms with Crippen LogP contribution in [0.15, 0.2) is 0 Å². The van der Waals surface area contributed by atoms with Crippen molar-refractivity contribution < 1.29 is 9.90 Å². The molecule has 1 unspecified atom stereocenters. The molecule has 1 heterocycles. The van der Waals surface area contributed by atoms with Crippen molar-refractivity contribution in [3.8, 4) is 0 Å². The second-order valence-electron chi connectivity index (χ2n) is 5.55. The predicted molar refractivity (Wildman–Crippen MR) is 64.6 cm³/mol. The molecule has 1 aliphatic heterocycles. The summed E-state index contributed by atoms with van der Waals surface area (Å²) in [5.41, 5.74) is 0.174. The molecule has 0 spiro atoms. The first-order valence-corrected chi connectivity index (χ1v) is 6.10. The summed E-state index contributed by atoms with van der Waals surface area (Å²) in [5, 5.41) is 12.1. The Morgan fingerprint density at radius 2 is 2.19 bits per heavy atom. The molecule has 0 aromatic heterocycles. The summed E-state index contributed by atoms with van der Waals surface area (Å²) >= 11 is 0. The van der Waals surface area contributed by atoms with Crippen molar-refractivity contribution in [1.29, 1.82) is 0 Å². The fraction of sp³-hybridized carbons (Fsp3) is 0.917. The summed E-state index contributed by atoms with van der Waals surface area (Å²) in [7, 11) is 0. The van der Waals surface area contributed by atoms with Crippen LogP contribution in [0.5, 0.6) is 0 Å². The summed E-state index contributed by atoms with van der Waals surface area (Å²) in [6.07, 6.45) is 2.12. The van der Waals surface area contributed by atoms with E-state index in [4.69, 9.17) is 5.11 Å². The molecular weight excluding hydrogens is 204 g/mol. The summed E-state index contributed by atoms with van der Waals surface area (Å²) in [4.78, 5) is 13.0. The van der Waals surface area contributed by atoms with E-state index in [1.165, 1.54) is 0 Å². The minimum Gasteiger partial charge on any atom is -0.481 e. The number of nitrogens with one attached hydrogen (secondary N) is 1. The Morgan fingerprint density at radius 1 is 1.50 bits per heavy atom. The van der Waals surface area contributed by atoms with Gasteiger partial charge in [-0.25, -0.2) is 0 Å². The molecule has 0 aliphatic carbocycles. The summed E-state index contributed by atoms with van der Waals surface area (Å²) < 4.78 is 0. The first-order chi connectivity index (χ1) is 7.39. The molecule has 16 heavy (non-hydrogen) atoms. The van der Waals surface area contributed by atoms with Gasteiger partial charge in [-0.1, -0.05) is 0 Å². The van der Waals surface area contributed by atoms with Crippen LogP contribution in [-0.4, -0.2) is 47.2 Å². The van der Waals surface area contributed by atoms with E-state index in [1.54, 1.807) is 0 Å². The summed E-state index contributed by atoms with van der Waals surface area (Å²) in [5.74, 6) is -0.701. The maximum Gasteiger partial charge on any atom is 0.303 e. The highest BCUT2D eigenvalue weighted by Gasteiger charge is 2.26. The fourth-order valence-electron chi connectivity index (χ4n) is 2.10. The number of aliphatic carboxylic acids is 1. The Morgan fingerprint density at radius 3 is 2.75 bits per heavy atom. The van der Waals surface area contributed by atoms with Crippen LogP contribution in [0, 0.1) is 0 Å². The van der Waals surface area contributed by atoms with E-state index in [9.17, 15) is 4.79 Å². The minimum atomic E-state index is -0.701. The Balaban J connectivity index is 2.49. The highest BCUT2D eigenvalue weighted by Crippen LogP contribution is 2.17. The molecule has 0 radical (unpaired) electrons. The van der Waals surface area contributed by atoms with Gasteiger partial charge < -0.3 is 10.4 Å². The molecule has 4 heteroatoms.